The van der Waals surface area contributed by atoms with Gasteiger partial charge in [-0.3, -0.25) is 28.8 Å². The lowest BCUT2D eigenvalue weighted by Crippen LogP contribution is -2.30. The van der Waals surface area contributed by atoms with Crippen molar-refractivity contribution in [1.82, 2.24) is 9.13 Å². The van der Waals surface area contributed by atoms with Crippen LogP contribution >= 0.6 is 21.6 Å². The van der Waals surface area contributed by atoms with Crippen molar-refractivity contribution in [1.29, 1.82) is 0 Å². The van der Waals surface area contributed by atoms with Crippen LogP contribution in [-0.4, -0.2) is 57.7 Å². The molecule has 2 heterocycles. The normalized spacial score (nSPS) is 12.0. The highest BCUT2D eigenvalue weighted by Gasteiger charge is 2.39. The Hall–Kier alpha value is -6.64. The maximum atomic E-state index is 14.8. The number of hydrogen-bond donors (Lipinski definition) is 2. The maximum absolute atomic E-state index is 14.8. The molecule has 2 atom stereocenters. The molecule has 12 nitrogen and oxygen atoms in total. The Morgan fingerprint density at radius 1 is 0.533 bits per heavy atom. The van der Waals surface area contributed by atoms with Crippen LogP contribution in [0.1, 0.15) is 79.8 Å². The van der Waals surface area contributed by atoms with Gasteiger partial charge in [0.25, 0.3) is 0 Å². The SMILES string of the molecule is CCOC(=O)C(C(N)=O)c1cn(-c2ccccc2)c(SSc2c(C(=O)c3ccc(C)cc3)c(C(C(N)=O)C(=O)OCC)cn2-c2ccccc2)c1C(=O)c1ccc(C)cc1. The van der Waals surface area contributed by atoms with Crippen molar-refractivity contribution in [2.45, 2.75) is 49.6 Å². The molecule has 4 aromatic carbocycles. The highest BCUT2D eigenvalue weighted by molar-refractivity contribution is 8.76. The summed E-state index contributed by atoms with van der Waals surface area (Å²) < 4.78 is 14.0. The molecule has 0 fully saturated rings. The molecule has 4 N–H and O–H groups in total. The summed E-state index contributed by atoms with van der Waals surface area (Å²) in [6.07, 6.45) is 3.05. The molecule has 0 aliphatic heterocycles. The number of rotatable bonds is 17. The second-order valence-electron chi connectivity index (χ2n) is 13.7. The number of ether oxygens (including phenoxy) is 2. The van der Waals surface area contributed by atoms with Gasteiger partial charge in [0, 0.05) is 46.0 Å². The highest BCUT2D eigenvalue weighted by Crippen LogP contribution is 2.48. The van der Waals surface area contributed by atoms with Gasteiger partial charge in [-0.15, -0.1) is 0 Å². The number of esters is 2. The van der Waals surface area contributed by atoms with Crippen LogP contribution in [0.4, 0.5) is 0 Å². The van der Waals surface area contributed by atoms with Gasteiger partial charge >= 0.3 is 11.9 Å². The van der Waals surface area contributed by atoms with Crippen molar-refractivity contribution in [2.75, 3.05) is 13.2 Å². The summed E-state index contributed by atoms with van der Waals surface area (Å²) in [6.45, 7) is 6.85. The highest BCUT2D eigenvalue weighted by atomic mass is 33.1. The summed E-state index contributed by atoms with van der Waals surface area (Å²) >= 11 is 0. The van der Waals surface area contributed by atoms with E-state index in [1.165, 1.54) is 12.4 Å². The summed E-state index contributed by atoms with van der Waals surface area (Å²) in [5.41, 5.74) is 15.4. The van der Waals surface area contributed by atoms with Gasteiger partial charge in [0.1, 0.15) is 10.1 Å². The van der Waals surface area contributed by atoms with E-state index in [0.717, 1.165) is 32.7 Å². The molecule has 0 bridgehead atoms. The number of benzene rings is 4. The molecule has 0 saturated carbocycles. The fourth-order valence-corrected chi connectivity index (χ4v) is 9.33. The van der Waals surface area contributed by atoms with Crippen molar-refractivity contribution in [2.24, 2.45) is 11.5 Å². The smallest absolute Gasteiger partial charge is 0.323 e. The third-order valence-corrected chi connectivity index (χ3v) is 12.0. The number of amides is 2. The molecule has 0 aliphatic rings. The number of primary amides is 2. The number of hydrogen-bond acceptors (Lipinski definition) is 10. The van der Waals surface area contributed by atoms with E-state index < -0.39 is 47.2 Å². The first-order valence-electron chi connectivity index (χ1n) is 19.0. The third-order valence-electron chi connectivity index (χ3n) is 9.56. The molecule has 2 unspecified atom stereocenters. The molecule has 2 aromatic heterocycles. The molecule has 0 radical (unpaired) electrons. The standard InChI is InChI=1S/C46H42N4O8S2/c1-5-57-45(55)37(41(47)53)33-25-49(31-13-9-7-10-14-31)43(35(33)39(51)29-21-17-27(3)18-22-29)59-60-44-36(40(52)30-23-19-28(4)20-24-30)34(38(42(48)54)46(56)58-6-2)26-50(44)32-15-11-8-12-16-32/h7-26,37-38H,5-6H2,1-4H3,(H2,47,53)(H2,48,54). The Morgan fingerprint density at radius 2 is 0.867 bits per heavy atom. The Balaban J connectivity index is 1.66. The minimum Gasteiger partial charge on any atom is -0.465 e. The Bertz CT molecular complexity index is 2390. The number of aromatic nitrogens is 2. The molecule has 2 amide bonds. The minimum atomic E-state index is -1.66. The lowest BCUT2D eigenvalue weighted by Gasteiger charge is -2.15. The second-order valence-corrected chi connectivity index (χ2v) is 15.8. The van der Waals surface area contributed by atoms with Crippen molar-refractivity contribution in [3.8, 4) is 11.4 Å². The third kappa shape index (κ3) is 8.99. The first kappa shape index (κ1) is 43.0. The predicted octanol–water partition coefficient (Wildman–Crippen LogP) is 7.41. The summed E-state index contributed by atoms with van der Waals surface area (Å²) in [5, 5.41) is 0.547. The van der Waals surface area contributed by atoms with Crippen LogP contribution in [0.3, 0.4) is 0 Å². The molecule has 6 rings (SSSR count). The van der Waals surface area contributed by atoms with E-state index >= 15 is 0 Å². The topological polar surface area (TPSA) is 183 Å². The van der Waals surface area contributed by atoms with E-state index in [-0.39, 0.29) is 56.6 Å². The first-order valence-corrected chi connectivity index (χ1v) is 21.1. The van der Waals surface area contributed by atoms with Crippen LogP contribution in [-0.2, 0) is 28.7 Å². The zero-order valence-electron chi connectivity index (χ0n) is 33.2. The second kappa shape index (κ2) is 19.0. The maximum Gasteiger partial charge on any atom is 0.323 e. The number of carbonyl (C=O) groups is 6. The van der Waals surface area contributed by atoms with E-state index in [0.29, 0.717) is 11.4 Å². The molecular weight excluding hydrogens is 801 g/mol. The van der Waals surface area contributed by atoms with Crippen LogP contribution in [0.25, 0.3) is 11.4 Å². The summed E-state index contributed by atoms with van der Waals surface area (Å²) in [4.78, 5) is 83.1. The first-order chi connectivity index (χ1) is 28.9. The average molecular weight is 843 g/mol. The number of carbonyl (C=O) groups excluding carboxylic acids is 6. The van der Waals surface area contributed by atoms with E-state index in [2.05, 4.69) is 0 Å². The Kier molecular flexibility index (Phi) is 13.6. The Morgan fingerprint density at radius 3 is 1.17 bits per heavy atom. The monoisotopic (exact) mass is 842 g/mol. The molecule has 60 heavy (non-hydrogen) atoms. The lowest BCUT2D eigenvalue weighted by molar-refractivity contribution is -0.149. The van der Waals surface area contributed by atoms with E-state index in [9.17, 15) is 28.8 Å². The van der Waals surface area contributed by atoms with Crippen LogP contribution in [0, 0.1) is 13.8 Å². The average Bonchev–Trinajstić information content (AvgIpc) is 3.79. The van der Waals surface area contributed by atoms with Crippen LogP contribution in [0.15, 0.2) is 132 Å². The zero-order valence-corrected chi connectivity index (χ0v) is 34.9. The Labute approximate surface area is 354 Å². The van der Waals surface area contributed by atoms with Gasteiger partial charge in [0.2, 0.25) is 11.8 Å². The largest absolute Gasteiger partial charge is 0.465 e. The van der Waals surface area contributed by atoms with Gasteiger partial charge in [-0.25, -0.2) is 0 Å². The van der Waals surface area contributed by atoms with Crippen molar-refractivity contribution >= 4 is 56.9 Å². The van der Waals surface area contributed by atoms with Gasteiger partial charge in [-0.2, -0.15) is 0 Å². The van der Waals surface area contributed by atoms with Crippen LogP contribution < -0.4 is 11.5 Å². The fraction of sp³-hybridized carbons (Fsp3) is 0.174. The number of aryl methyl sites for hydroxylation is 2. The molecule has 0 spiro atoms. The van der Waals surface area contributed by atoms with E-state index in [1.54, 1.807) is 120 Å². The van der Waals surface area contributed by atoms with Crippen LogP contribution in [0.5, 0.6) is 0 Å². The quantitative estimate of drug-likeness (QED) is 0.0406. The fourth-order valence-electron chi connectivity index (χ4n) is 6.65. The summed E-state index contributed by atoms with van der Waals surface area (Å²) in [7, 11) is 2.12. The molecular formula is C46H42N4O8S2. The lowest BCUT2D eigenvalue weighted by atomic mass is 9.93. The molecule has 14 heteroatoms. The van der Waals surface area contributed by atoms with Gasteiger partial charge in [0.15, 0.2) is 23.4 Å². The summed E-state index contributed by atoms with van der Waals surface area (Å²) in [6, 6.07) is 31.6. The van der Waals surface area contributed by atoms with Crippen molar-refractivity contribution in [3.63, 3.8) is 0 Å². The van der Waals surface area contributed by atoms with Gasteiger partial charge in [-0.05, 0) is 73.5 Å². The molecule has 0 saturated heterocycles. The van der Waals surface area contributed by atoms with Gasteiger partial charge in [-0.1, -0.05) is 96.1 Å². The number of para-hydroxylation sites is 2. The van der Waals surface area contributed by atoms with Gasteiger partial charge in [0.05, 0.1) is 24.3 Å². The van der Waals surface area contributed by atoms with Crippen LogP contribution in [0.2, 0.25) is 0 Å². The van der Waals surface area contributed by atoms with E-state index in [1.807, 2.05) is 26.0 Å². The number of nitrogens with two attached hydrogens (primary N) is 2. The van der Waals surface area contributed by atoms with Crippen molar-refractivity contribution < 1.29 is 38.2 Å². The summed E-state index contributed by atoms with van der Waals surface area (Å²) in [5.74, 6) is -8.25. The minimum absolute atomic E-state index is 0.00282. The molecule has 0 aliphatic carbocycles. The van der Waals surface area contributed by atoms with Gasteiger partial charge < -0.3 is 30.1 Å². The molecule has 306 valence electrons. The predicted molar refractivity (Wildman–Crippen MR) is 230 cm³/mol. The molecule has 6 aromatic rings. The van der Waals surface area contributed by atoms with Crippen molar-refractivity contribution in [3.05, 3.63) is 166 Å². The number of ketones is 2. The number of nitrogens with zero attached hydrogens (tertiary/aromatic N) is 2. The zero-order chi connectivity index (χ0) is 43.1. The van der Waals surface area contributed by atoms with E-state index in [4.69, 9.17) is 20.9 Å².